The summed E-state index contributed by atoms with van der Waals surface area (Å²) in [5.74, 6) is -0.241. The summed E-state index contributed by atoms with van der Waals surface area (Å²) in [5.41, 5.74) is 0. The minimum Gasteiger partial charge on any atom is -0.394 e. The molecule has 0 saturated carbocycles. The molecule has 9 N–H and O–H groups in total. The zero-order valence-corrected chi connectivity index (χ0v) is 50.1. The number of nitrogens with one attached hydrogen (secondary N) is 1. The number of ether oxygens (including phenoxy) is 4. The standard InChI is InChI=1S/C65H121NO13/c1-3-5-7-9-11-13-15-17-19-21-23-24-25-26-27-28-29-31-32-34-36-38-40-42-44-46-48-54(69)53(66-57(70)49-47-45-43-41-39-37-35-33-30-22-20-18-16-14-12-10-8-6-4-2)52-76-64-62(75)60(73)63(56(51-68)78-64)79-65-61(74)59(72)58(71)55(50-67)77-65/h12,14,18,20,46,48,53-56,58-65,67-69,71-75H,3-11,13,15-17,19,21-45,47,49-52H2,1-2H3,(H,66,70)/b14-12-,20-18-,48-46+. The van der Waals surface area contributed by atoms with Crippen molar-refractivity contribution >= 4 is 5.91 Å². The molecule has 0 aromatic carbocycles. The maximum absolute atomic E-state index is 13.3. The van der Waals surface area contributed by atoms with Crippen molar-refractivity contribution in [3.8, 4) is 0 Å². The first-order chi connectivity index (χ1) is 38.6. The number of aliphatic hydroxyl groups is 8. The predicted molar refractivity (Wildman–Crippen MR) is 318 cm³/mol. The van der Waals surface area contributed by atoms with Crippen LogP contribution in [0.15, 0.2) is 36.5 Å². The van der Waals surface area contributed by atoms with Crippen LogP contribution in [0.3, 0.4) is 0 Å². The highest BCUT2D eigenvalue weighted by Gasteiger charge is 2.51. The number of rotatable bonds is 53. The average Bonchev–Trinajstić information content (AvgIpc) is 3.47. The number of allylic oxidation sites excluding steroid dienone is 5. The van der Waals surface area contributed by atoms with Crippen LogP contribution in [0, 0.1) is 0 Å². The van der Waals surface area contributed by atoms with Gasteiger partial charge < -0.3 is 65.1 Å². The van der Waals surface area contributed by atoms with Crippen molar-refractivity contribution in [3.63, 3.8) is 0 Å². The summed E-state index contributed by atoms with van der Waals surface area (Å²) in [6, 6.07) is -0.917. The van der Waals surface area contributed by atoms with Gasteiger partial charge in [-0.3, -0.25) is 4.79 Å². The summed E-state index contributed by atoms with van der Waals surface area (Å²) in [5, 5.41) is 87.3. The zero-order chi connectivity index (χ0) is 57.4. The zero-order valence-electron chi connectivity index (χ0n) is 50.1. The maximum atomic E-state index is 13.3. The molecule has 2 heterocycles. The van der Waals surface area contributed by atoms with E-state index in [1.807, 2.05) is 6.08 Å². The van der Waals surface area contributed by atoms with Crippen molar-refractivity contribution in [2.45, 2.75) is 351 Å². The van der Waals surface area contributed by atoms with Gasteiger partial charge >= 0.3 is 0 Å². The molecule has 79 heavy (non-hydrogen) atoms. The van der Waals surface area contributed by atoms with Crippen molar-refractivity contribution in [1.82, 2.24) is 5.32 Å². The highest BCUT2D eigenvalue weighted by Crippen LogP contribution is 2.30. The van der Waals surface area contributed by atoms with Crippen molar-refractivity contribution in [3.05, 3.63) is 36.5 Å². The van der Waals surface area contributed by atoms with Crippen LogP contribution < -0.4 is 5.32 Å². The van der Waals surface area contributed by atoms with Crippen molar-refractivity contribution in [2.75, 3.05) is 19.8 Å². The molecule has 0 spiro atoms. The second-order valence-electron chi connectivity index (χ2n) is 23.2. The topological polar surface area (TPSA) is 228 Å². The van der Waals surface area contributed by atoms with E-state index in [9.17, 15) is 45.6 Å². The fourth-order valence-corrected chi connectivity index (χ4v) is 10.8. The monoisotopic (exact) mass is 1120 g/mol. The fourth-order valence-electron chi connectivity index (χ4n) is 10.8. The Morgan fingerprint density at radius 1 is 0.456 bits per heavy atom. The van der Waals surface area contributed by atoms with E-state index in [4.69, 9.17) is 18.9 Å². The number of carbonyl (C=O) groups excluding carboxylic acids is 1. The Balaban J connectivity index is 1.72. The molecular formula is C65H121NO13. The van der Waals surface area contributed by atoms with E-state index < -0.39 is 86.8 Å². The second-order valence-corrected chi connectivity index (χ2v) is 23.2. The highest BCUT2D eigenvalue weighted by atomic mass is 16.7. The minimum absolute atomic E-state index is 0.241. The summed E-state index contributed by atoms with van der Waals surface area (Å²) in [6.07, 6.45) is 46.1. The van der Waals surface area contributed by atoms with Gasteiger partial charge in [-0.25, -0.2) is 0 Å². The Hall–Kier alpha value is -1.79. The molecular weight excluding hydrogens is 1000 g/mol. The van der Waals surface area contributed by atoms with Crippen LogP contribution in [-0.2, 0) is 23.7 Å². The first kappa shape index (κ1) is 73.3. The molecule has 1 amide bonds. The minimum atomic E-state index is -1.79. The van der Waals surface area contributed by atoms with E-state index in [1.54, 1.807) is 6.08 Å². The van der Waals surface area contributed by atoms with Crippen molar-refractivity contribution in [2.24, 2.45) is 0 Å². The lowest BCUT2D eigenvalue weighted by molar-refractivity contribution is -0.359. The van der Waals surface area contributed by atoms with Crippen LogP contribution in [-0.4, -0.2) is 140 Å². The third-order valence-corrected chi connectivity index (χ3v) is 16.1. The summed E-state index contributed by atoms with van der Waals surface area (Å²) in [6.45, 7) is 2.80. The first-order valence-electron chi connectivity index (χ1n) is 32.7. The lowest BCUT2D eigenvalue weighted by Gasteiger charge is -2.46. The van der Waals surface area contributed by atoms with Crippen LogP contribution in [0.25, 0.3) is 0 Å². The molecule has 0 aliphatic carbocycles. The molecule has 464 valence electrons. The number of hydrogen-bond donors (Lipinski definition) is 9. The van der Waals surface area contributed by atoms with E-state index >= 15 is 0 Å². The lowest BCUT2D eigenvalue weighted by Crippen LogP contribution is -2.65. The van der Waals surface area contributed by atoms with Gasteiger partial charge in [0, 0.05) is 6.42 Å². The van der Waals surface area contributed by atoms with E-state index in [2.05, 4.69) is 43.5 Å². The Kier molecular flexibility index (Phi) is 47.0. The number of amides is 1. The highest BCUT2D eigenvalue weighted by molar-refractivity contribution is 5.76. The number of hydrogen-bond acceptors (Lipinski definition) is 13. The largest absolute Gasteiger partial charge is 0.394 e. The Morgan fingerprint density at radius 2 is 0.835 bits per heavy atom. The second kappa shape index (κ2) is 50.7. The summed E-state index contributed by atoms with van der Waals surface area (Å²) in [7, 11) is 0. The quantitative estimate of drug-likeness (QED) is 0.0204. The SMILES string of the molecule is CCCCC/C=C\C/C=C\CCCCCCCCCCCC(=O)NC(COC1OC(CO)C(OC2OC(CO)C(O)C(O)C2O)C(O)C1O)C(O)/C=C/CCCCCCCCCCCCCCCCCCCCCCCCCC. The van der Waals surface area contributed by atoms with Crippen LogP contribution in [0.2, 0.25) is 0 Å². The van der Waals surface area contributed by atoms with Gasteiger partial charge in [-0.2, -0.15) is 0 Å². The molecule has 14 heteroatoms. The number of carbonyl (C=O) groups is 1. The number of aliphatic hydroxyl groups excluding tert-OH is 8. The molecule has 2 aliphatic heterocycles. The van der Waals surface area contributed by atoms with Gasteiger partial charge in [-0.1, -0.05) is 256 Å². The molecule has 12 unspecified atom stereocenters. The maximum Gasteiger partial charge on any atom is 0.220 e. The summed E-state index contributed by atoms with van der Waals surface area (Å²) >= 11 is 0. The lowest BCUT2D eigenvalue weighted by atomic mass is 9.97. The van der Waals surface area contributed by atoms with Crippen LogP contribution >= 0.6 is 0 Å². The van der Waals surface area contributed by atoms with Gasteiger partial charge in [0.1, 0.15) is 48.8 Å². The van der Waals surface area contributed by atoms with Gasteiger partial charge in [0.2, 0.25) is 5.91 Å². The molecule has 0 radical (unpaired) electrons. The van der Waals surface area contributed by atoms with Crippen LogP contribution in [0.5, 0.6) is 0 Å². The molecule has 0 bridgehead atoms. The third-order valence-electron chi connectivity index (χ3n) is 16.1. The van der Waals surface area contributed by atoms with Gasteiger partial charge in [-0.15, -0.1) is 0 Å². The Labute approximate surface area is 481 Å². The van der Waals surface area contributed by atoms with Crippen molar-refractivity contribution < 1.29 is 64.6 Å². The number of unbranched alkanes of at least 4 members (excludes halogenated alkanes) is 36. The smallest absolute Gasteiger partial charge is 0.220 e. The molecule has 2 saturated heterocycles. The molecule has 0 aromatic rings. The first-order valence-corrected chi connectivity index (χ1v) is 32.7. The van der Waals surface area contributed by atoms with E-state index in [0.717, 1.165) is 51.4 Å². The van der Waals surface area contributed by atoms with Crippen molar-refractivity contribution in [1.29, 1.82) is 0 Å². The van der Waals surface area contributed by atoms with Gasteiger partial charge in [-0.05, 0) is 51.4 Å². The molecule has 2 rings (SSSR count). The summed E-state index contributed by atoms with van der Waals surface area (Å²) in [4.78, 5) is 13.3. The Bertz CT molecular complexity index is 1460. The fraction of sp³-hybridized carbons (Fsp3) is 0.892. The predicted octanol–water partition coefficient (Wildman–Crippen LogP) is 12.2. The van der Waals surface area contributed by atoms with Crippen LogP contribution in [0.1, 0.15) is 277 Å². The van der Waals surface area contributed by atoms with E-state index in [0.29, 0.717) is 6.42 Å². The molecule has 0 aromatic heterocycles. The summed E-state index contributed by atoms with van der Waals surface area (Å²) < 4.78 is 22.8. The Morgan fingerprint density at radius 3 is 1.29 bits per heavy atom. The van der Waals surface area contributed by atoms with E-state index in [-0.39, 0.29) is 18.9 Å². The van der Waals surface area contributed by atoms with Crippen LogP contribution in [0.4, 0.5) is 0 Å². The average molecular weight is 1120 g/mol. The normalized spacial score (nSPS) is 24.6. The van der Waals surface area contributed by atoms with Gasteiger partial charge in [0.25, 0.3) is 0 Å². The molecule has 12 atom stereocenters. The molecule has 2 fully saturated rings. The molecule has 14 nitrogen and oxygen atoms in total. The van der Waals surface area contributed by atoms with Gasteiger partial charge in [0.15, 0.2) is 12.6 Å². The van der Waals surface area contributed by atoms with E-state index in [1.165, 1.54) is 199 Å². The molecule has 2 aliphatic rings. The third kappa shape index (κ3) is 35.8. The van der Waals surface area contributed by atoms with Gasteiger partial charge in [0.05, 0.1) is 32.0 Å².